The van der Waals surface area contributed by atoms with Crippen molar-refractivity contribution in [2.24, 2.45) is 0 Å². The monoisotopic (exact) mass is 313 g/mol. The summed E-state index contributed by atoms with van der Waals surface area (Å²) >= 11 is 6.01. The number of aryl methyl sites for hydroxylation is 2. The normalized spacial score (nSPS) is 10.7. The van der Waals surface area contributed by atoms with Gasteiger partial charge in [-0.05, 0) is 43.7 Å². The minimum atomic E-state index is 0.376. The molecule has 0 saturated carbocycles. The lowest BCUT2D eigenvalue weighted by Crippen LogP contribution is -1.98. The molecule has 0 saturated heterocycles. The second-order valence-corrected chi connectivity index (χ2v) is 5.52. The van der Waals surface area contributed by atoms with E-state index in [1.54, 1.807) is 0 Å². The van der Waals surface area contributed by atoms with Gasteiger partial charge in [0.05, 0.1) is 0 Å². The number of rotatable bonds is 4. The highest BCUT2D eigenvalue weighted by Gasteiger charge is 2.12. The molecule has 3 nitrogen and oxygen atoms in total. The van der Waals surface area contributed by atoms with E-state index >= 15 is 0 Å². The lowest BCUT2D eigenvalue weighted by Gasteiger charge is -2.06. The van der Waals surface area contributed by atoms with Crippen LogP contribution in [0.1, 0.15) is 17.0 Å². The van der Waals surface area contributed by atoms with Gasteiger partial charge in [0.2, 0.25) is 5.89 Å². The van der Waals surface area contributed by atoms with Crippen LogP contribution < -0.4 is 4.74 Å². The molecule has 0 amide bonds. The van der Waals surface area contributed by atoms with E-state index in [9.17, 15) is 0 Å². The van der Waals surface area contributed by atoms with Gasteiger partial charge in [0.25, 0.3) is 0 Å². The summed E-state index contributed by atoms with van der Waals surface area (Å²) in [4.78, 5) is 4.52. The number of nitrogens with zero attached hydrogens (tertiary/aromatic N) is 1. The van der Waals surface area contributed by atoms with Crippen molar-refractivity contribution < 1.29 is 9.15 Å². The highest BCUT2D eigenvalue weighted by Crippen LogP contribution is 2.25. The van der Waals surface area contributed by atoms with Gasteiger partial charge >= 0.3 is 0 Å². The summed E-state index contributed by atoms with van der Waals surface area (Å²) in [6.07, 6.45) is 0. The molecule has 0 aliphatic rings. The maximum Gasteiger partial charge on any atom is 0.226 e. The summed E-state index contributed by atoms with van der Waals surface area (Å²) in [6, 6.07) is 15.4. The molecule has 0 aliphatic carbocycles. The zero-order valence-electron chi connectivity index (χ0n) is 12.5. The summed E-state index contributed by atoms with van der Waals surface area (Å²) in [5.41, 5.74) is 2.75. The first-order chi connectivity index (χ1) is 10.6. The van der Waals surface area contributed by atoms with E-state index in [1.807, 2.05) is 62.4 Å². The molecule has 0 spiro atoms. The van der Waals surface area contributed by atoms with Gasteiger partial charge in [-0.2, -0.15) is 0 Å². The molecule has 2 aromatic carbocycles. The van der Waals surface area contributed by atoms with Crippen LogP contribution in [0.15, 0.2) is 52.9 Å². The van der Waals surface area contributed by atoms with E-state index in [1.165, 1.54) is 0 Å². The third-order valence-electron chi connectivity index (χ3n) is 3.42. The lowest BCUT2D eigenvalue weighted by atomic mass is 10.2. The van der Waals surface area contributed by atoms with Gasteiger partial charge < -0.3 is 9.15 Å². The molecule has 112 valence electrons. The van der Waals surface area contributed by atoms with Crippen LogP contribution in [0, 0.1) is 13.8 Å². The molecule has 0 atom stereocenters. The van der Waals surface area contributed by atoms with Crippen molar-refractivity contribution in [2.45, 2.75) is 20.5 Å². The third kappa shape index (κ3) is 3.15. The Morgan fingerprint density at radius 2 is 1.91 bits per heavy atom. The molecule has 0 N–H and O–H groups in total. The number of hydrogen-bond acceptors (Lipinski definition) is 3. The van der Waals surface area contributed by atoms with E-state index in [4.69, 9.17) is 20.8 Å². The Morgan fingerprint density at radius 1 is 1.09 bits per heavy atom. The average Bonchev–Trinajstić information content (AvgIpc) is 2.88. The maximum atomic E-state index is 6.01. The molecule has 22 heavy (non-hydrogen) atoms. The number of halogens is 1. The zero-order chi connectivity index (χ0) is 15.5. The van der Waals surface area contributed by atoms with Crippen molar-refractivity contribution in [3.8, 4) is 17.2 Å². The minimum Gasteiger partial charge on any atom is -0.487 e. The first-order valence-electron chi connectivity index (χ1n) is 7.04. The fourth-order valence-electron chi connectivity index (χ4n) is 2.17. The predicted molar refractivity (Wildman–Crippen MR) is 87.2 cm³/mol. The summed E-state index contributed by atoms with van der Waals surface area (Å²) in [6.45, 7) is 4.28. The number of aromatic nitrogens is 1. The quantitative estimate of drug-likeness (QED) is 0.664. The highest BCUT2D eigenvalue weighted by molar-refractivity contribution is 6.30. The molecule has 0 radical (unpaired) electrons. The second kappa shape index (κ2) is 6.24. The van der Waals surface area contributed by atoms with Crippen molar-refractivity contribution in [1.82, 2.24) is 4.98 Å². The van der Waals surface area contributed by atoms with Crippen LogP contribution in [-0.4, -0.2) is 4.98 Å². The predicted octanol–water partition coefficient (Wildman–Crippen LogP) is 5.19. The van der Waals surface area contributed by atoms with Gasteiger partial charge in [0.1, 0.15) is 23.8 Å². The van der Waals surface area contributed by atoms with Crippen LogP contribution >= 0.6 is 11.6 Å². The maximum absolute atomic E-state index is 6.01. The topological polar surface area (TPSA) is 35.3 Å². The number of oxazole rings is 1. The summed E-state index contributed by atoms with van der Waals surface area (Å²) in [7, 11) is 0. The van der Waals surface area contributed by atoms with Crippen LogP contribution in [0.3, 0.4) is 0 Å². The molecule has 4 heteroatoms. The number of ether oxygens (including phenoxy) is 1. The number of para-hydroxylation sites is 1. The molecule has 0 fully saturated rings. The van der Waals surface area contributed by atoms with Gasteiger partial charge in [0, 0.05) is 10.6 Å². The third-order valence-corrected chi connectivity index (χ3v) is 3.66. The van der Waals surface area contributed by atoms with Crippen molar-refractivity contribution in [2.75, 3.05) is 0 Å². The smallest absolute Gasteiger partial charge is 0.226 e. The van der Waals surface area contributed by atoms with Gasteiger partial charge in [-0.3, -0.25) is 0 Å². The van der Waals surface area contributed by atoms with Gasteiger partial charge in [-0.15, -0.1) is 0 Å². The van der Waals surface area contributed by atoms with E-state index < -0.39 is 0 Å². The minimum absolute atomic E-state index is 0.376. The molecule has 3 rings (SSSR count). The molecular weight excluding hydrogens is 298 g/mol. The van der Waals surface area contributed by atoms with Crippen LogP contribution in [0.5, 0.6) is 5.75 Å². The SMILES string of the molecule is Cc1ccccc1OCc1nc(-c2cccc(Cl)c2)oc1C. The molecular formula is C18H16ClNO2. The van der Waals surface area contributed by atoms with Crippen LogP contribution in [0.2, 0.25) is 5.02 Å². The van der Waals surface area contributed by atoms with Gasteiger partial charge in [-0.25, -0.2) is 4.98 Å². The molecule has 1 heterocycles. The molecule has 0 bridgehead atoms. The number of hydrogen-bond donors (Lipinski definition) is 0. The first kappa shape index (κ1) is 14.7. The van der Waals surface area contributed by atoms with Crippen LogP contribution in [0.4, 0.5) is 0 Å². The highest BCUT2D eigenvalue weighted by atomic mass is 35.5. The Hall–Kier alpha value is -2.26. The van der Waals surface area contributed by atoms with Crippen molar-refractivity contribution in [1.29, 1.82) is 0 Å². The van der Waals surface area contributed by atoms with E-state index in [2.05, 4.69) is 4.98 Å². The van der Waals surface area contributed by atoms with Crippen molar-refractivity contribution >= 4 is 11.6 Å². The Balaban J connectivity index is 1.80. The summed E-state index contributed by atoms with van der Waals surface area (Å²) in [5, 5.41) is 0.658. The van der Waals surface area contributed by atoms with Crippen LogP contribution in [0.25, 0.3) is 11.5 Å². The Labute approximate surface area is 134 Å². The summed E-state index contributed by atoms with van der Waals surface area (Å²) < 4.78 is 11.6. The zero-order valence-corrected chi connectivity index (χ0v) is 13.2. The van der Waals surface area contributed by atoms with Gasteiger partial charge in [0.15, 0.2) is 0 Å². The fraction of sp³-hybridized carbons (Fsp3) is 0.167. The molecule has 3 aromatic rings. The van der Waals surface area contributed by atoms with E-state index in [0.29, 0.717) is 17.5 Å². The first-order valence-corrected chi connectivity index (χ1v) is 7.42. The van der Waals surface area contributed by atoms with Gasteiger partial charge in [-0.1, -0.05) is 35.9 Å². The standard InChI is InChI=1S/C18H16ClNO2/c1-12-6-3-4-9-17(12)21-11-16-13(2)22-18(20-16)14-7-5-8-15(19)10-14/h3-10H,11H2,1-2H3. The fourth-order valence-corrected chi connectivity index (χ4v) is 2.36. The second-order valence-electron chi connectivity index (χ2n) is 5.09. The molecule has 0 unspecified atom stereocenters. The molecule has 0 aliphatic heterocycles. The largest absolute Gasteiger partial charge is 0.487 e. The lowest BCUT2D eigenvalue weighted by molar-refractivity contribution is 0.297. The average molecular weight is 314 g/mol. The Bertz CT molecular complexity index is 795. The Morgan fingerprint density at radius 3 is 2.68 bits per heavy atom. The van der Waals surface area contributed by atoms with Crippen molar-refractivity contribution in [3.05, 3.63) is 70.6 Å². The van der Waals surface area contributed by atoms with E-state index in [0.717, 1.165) is 28.3 Å². The summed E-state index contributed by atoms with van der Waals surface area (Å²) in [5.74, 6) is 2.17. The Kier molecular flexibility index (Phi) is 4.16. The van der Waals surface area contributed by atoms with Crippen LogP contribution in [-0.2, 0) is 6.61 Å². The molecule has 1 aromatic heterocycles. The van der Waals surface area contributed by atoms with E-state index in [-0.39, 0.29) is 0 Å². The van der Waals surface area contributed by atoms with Crippen molar-refractivity contribution in [3.63, 3.8) is 0 Å². The number of benzene rings is 2.